The van der Waals surface area contributed by atoms with Crippen molar-refractivity contribution in [2.24, 2.45) is 17.6 Å². The molecule has 4 unspecified atom stereocenters. The third-order valence-corrected chi connectivity index (χ3v) is 4.70. The number of aliphatic hydroxyl groups excluding tert-OH is 1. The molecule has 0 aromatic carbocycles. The molecule has 0 bridgehead atoms. The van der Waals surface area contributed by atoms with E-state index in [1.165, 1.54) is 32.1 Å². The molecule has 1 saturated carbocycles. The first-order chi connectivity index (χ1) is 8.16. The van der Waals surface area contributed by atoms with E-state index in [1.807, 2.05) is 6.92 Å². The fraction of sp³-hybridized carbons (Fsp3) is 1.00. The summed E-state index contributed by atoms with van der Waals surface area (Å²) >= 11 is 0. The highest BCUT2D eigenvalue weighted by Gasteiger charge is 2.29. The fourth-order valence-electron chi connectivity index (χ4n) is 3.39. The summed E-state index contributed by atoms with van der Waals surface area (Å²) in [5.41, 5.74) is 6.28. The van der Waals surface area contributed by atoms with Crippen molar-refractivity contribution in [3.8, 4) is 0 Å². The zero-order chi connectivity index (χ0) is 12.3. The van der Waals surface area contributed by atoms with Crippen LogP contribution in [0.4, 0.5) is 0 Å². The normalized spacial score (nSPS) is 37.9. The highest BCUT2D eigenvalue weighted by molar-refractivity contribution is 4.84. The summed E-state index contributed by atoms with van der Waals surface area (Å²) in [7, 11) is 0. The summed E-state index contributed by atoms with van der Waals surface area (Å²) < 4.78 is 0. The van der Waals surface area contributed by atoms with Gasteiger partial charge in [0.2, 0.25) is 0 Å². The third kappa shape index (κ3) is 3.67. The van der Waals surface area contributed by atoms with Crippen LogP contribution >= 0.6 is 0 Å². The molecule has 3 N–H and O–H groups in total. The molecule has 3 nitrogen and oxygen atoms in total. The van der Waals surface area contributed by atoms with Crippen molar-refractivity contribution in [3.05, 3.63) is 0 Å². The Hall–Kier alpha value is -0.120. The smallest absolute Gasteiger partial charge is 0.0552 e. The molecule has 1 heterocycles. The van der Waals surface area contributed by atoms with Gasteiger partial charge in [0.25, 0.3) is 0 Å². The van der Waals surface area contributed by atoms with Crippen LogP contribution in [0.5, 0.6) is 0 Å². The molecule has 17 heavy (non-hydrogen) atoms. The Labute approximate surface area is 105 Å². The molecule has 0 spiro atoms. The molecule has 0 aromatic heterocycles. The van der Waals surface area contributed by atoms with Crippen molar-refractivity contribution in [1.29, 1.82) is 0 Å². The van der Waals surface area contributed by atoms with E-state index in [9.17, 15) is 5.11 Å². The predicted octanol–water partition coefficient (Wildman–Crippen LogP) is 1.60. The lowest BCUT2D eigenvalue weighted by atomic mass is 9.95. The highest BCUT2D eigenvalue weighted by Crippen LogP contribution is 2.26. The number of aliphatic hydroxyl groups is 1. The quantitative estimate of drug-likeness (QED) is 0.737. The van der Waals surface area contributed by atoms with Gasteiger partial charge < -0.3 is 15.7 Å². The molecule has 2 fully saturated rings. The Bertz CT molecular complexity index is 232. The maximum atomic E-state index is 9.62. The van der Waals surface area contributed by atoms with Crippen molar-refractivity contribution in [3.63, 3.8) is 0 Å². The fourth-order valence-corrected chi connectivity index (χ4v) is 3.39. The van der Waals surface area contributed by atoms with Gasteiger partial charge in [-0.3, -0.25) is 0 Å². The Morgan fingerprint density at radius 3 is 2.71 bits per heavy atom. The molecule has 2 aliphatic rings. The molecule has 100 valence electrons. The van der Waals surface area contributed by atoms with Crippen LogP contribution in [0.25, 0.3) is 0 Å². The zero-order valence-corrected chi connectivity index (χ0v) is 11.1. The van der Waals surface area contributed by atoms with Gasteiger partial charge in [0, 0.05) is 19.1 Å². The second-order valence-electron chi connectivity index (χ2n) is 6.11. The van der Waals surface area contributed by atoms with E-state index in [4.69, 9.17) is 5.73 Å². The zero-order valence-electron chi connectivity index (χ0n) is 11.1. The van der Waals surface area contributed by atoms with Gasteiger partial charge in [0.05, 0.1) is 6.10 Å². The molecular weight excluding hydrogens is 212 g/mol. The lowest BCUT2D eigenvalue weighted by molar-refractivity contribution is 0.124. The Morgan fingerprint density at radius 2 is 2.00 bits per heavy atom. The Balaban J connectivity index is 1.80. The van der Waals surface area contributed by atoms with Crippen LogP contribution in [-0.2, 0) is 0 Å². The first-order valence-electron chi connectivity index (χ1n) is 7.33. The Kier molecular flexibility index (Phi) is 4.83. The first kappa shape index (κ1) is 13.3. The first-order valence-corrected chi connectivity index (χ1v) is 7.33. The summed E-state index contributed by atoms with van der Waals surface area (Å²) in [6.07, 6.45) is 7.54. The maximum absolute atomic E-state index is 9.62. The second kappa shape index (κ2) is 6.17. The number of hydrogen-bond donors (Lipinski definition) is 2. The monoisotopic (exact) mass is 240 g/mol. The minimum absolute atomic E-state index is 0.150. The molecule has 4 atom stereocenters. The topological polar surface area (TPSA) is 49.5 Å². The van der Waals surface area contributed by atoms with E-state index >= 15 is 0 Å². The summed E-state index contributed by atoms with van der Waals surface area (Å²) in [6.45, 7) is 5.30. The number of rotatable bonds is 3. The minimum Gasteiger partial charge on any atom is -0.393 e. The van der Waals surface area contributed by atoms with Gasteiger partial charge in [-0.1, -0.05) is 19.3 Å². The molecule has 3 heteroatoms. The van der Waals surface area contributed by atoms with Crippen LogP contribution in [0.2, 0.25) is 0 Å². The second-order valence-corrected chi connectivity index (χ2v) is 6.11. The summed E-state index contributed by atoms with van der Waals surface area (Å²) in [5, 5.41) is 9.62. The van der Waals surface area contributed by atoms with Crippen LogP contribution in [0.1, 0.15) is 45.4 Å². The van der Waals surface area contributed by atoms with Crippen LogP contribution in [0.15, 0.2) is 0 Å². The van der Waals surface area contributed by atoms with Gasteiger partial charge in [-0.25, -0.2) is 0 Å². The van der Waals surface area contributed by atoms with Crippen LogP contribution in [0.3, 0.4) is 0 Å². The lowest BCUT2D eigenvalue weighted by Crippen LogP contribution is -2.38. The van der Waals surface area contributed by atoms with Crippen molar-refractivity contribution >= 4 is 0 Å². The molecule has 0 aromatic rings. The molecule has 1 aliphatic heterocycles. The van der Waals surface area contributed by atoms with Crippen LogP contribution in [-0.4, -0.2) is 41.8 Å². The summed E-state index contributed by atoms with van der Waals surface area (Å²) in [4.78, 5) is 2.52. The van der Waals surface area contributed by atoms with E-state index in [1.54, 1.807) is 0 Å². The van der Waals surface area contributed by atoms with Gasteiger partial charge in [0.15, 0.2) is 0 Å². The van der Waals surface area contributed by atoms with Gasteiger partial charge in [-0.2, -0.15) is 0 Å². The SMILES string of the molecule is CC(O)C1CCN(CC2CCCCCC2N)C1. The molecule has 0 amide bonds. The average molecular weight is 240 g/mol. The lowest BCUT2D eigenvalue weighted by Gasteiger charge is -2.27. The number of nitrogens with two attached hydrogens (primary N) is 1. The molecule has 0 radical (unpaired) electrons. The van der Waals surface area contributed by atoms with Gasteiger partial charge >= 0.3 is 0 Å². The predicted molar refractivity (Wildman–Crippen MR) is 70.8 cm³/mol. The molecular formula is C14H28N2O. The molecule has 1 aliphatic carbocycles. The molecule has 1 saturated heterocycles. The van der Waals surface area contributed by atoms with Gasteiger partial charge in [-0.05, 0) is 44.6 Å². The average Bonchev–Trinajstić information content (AvgIpc) is 2.66. The van der Waals surface area contributed by atoms with Crippen molar-refractivity contribution < 1.29 is 5.11 Å². The van der Waals surface area contributed by atoms with Crippen molar-refractivity contribution in [1.82, 2.24) is 4.90 Å². The third-order valence-electron chi connectivity index (χ3n) is 4.70. The number of nitrogens with zero attached hydrogens (tertiary/aromatic N) is 1. The van der Waals surface area contributed by atoms with Gasteiger partial charge in [-0.15, -0.1) is 0 Å². The van der Waals surface area contributed by atoms with Crippen molar-refractivity contribution in [2.45, 2.75) is 57.6 Å². The van der Waals surface area contributed by atoms with Gasteiger partial charge in [0.1, 0.15) is 0 Å². The standard InChI is InChI=1S/C14H28N2O/c1-11(17)12-7-8-16(9-12)10-13-5-3-2-4-6-14(13)15/h11-14,17H,2-10,15H2,1H3. The number of likely N-dealkylation sites (tertiary alicyclic amines) is 1. The molecule has 2 rings (SSSR count). The van der Waals surface area contributed by atoms with E-state index in [0.29, 0.717) is 17.9 Å². The maximum Gasteiger partial charge on any atom is 0.0552 e. The van der Waals surface area contributed by atoms with Crippen LogP contribution in [0, 0.1) is 11.8 Å². The van der Waals surface area contributed by atoms with E-state index in [0.717, 1.165) is 26.1 Å². The number of hydrogen-bond acceptors (Lipinski definition) is 3. The Morgan fingerprint density at radius 1 is 1.24 bits per heavy atom. The van der Waals surface area contributed by atoms with E-state index < -0.39 is 0 Å². The summed E-state index contributed by atoms with van der Waals surface area (Å²) in [6, 6.07) is 0.406. The van der Waals surface area contributed by atoms with Crippen molar-refractivity contribution in [2.75, 3.05) is 19.6 Å². The van der Waals surface area contributed by atoms with Crippen LogP contribution < -0.4 is 5.73 Å². The van der Waals surface area contributed by atoms with E-state index in [-0.39, 0.29) is 6.10 Å². The van der Waals surface area contributed by atoms with E-state index in [2.05, 4.69) is 4.90 Å². The minimum atomic E-state index is -0.150. The largest absolute Gasteiger partial charge is 0.393 e. The highest BCUT2D eigenvalue weighted by atomic mass is 16.3. The summed E-state index contributed by atoms with van der Waals surface area (Å²) in [5.74, 6) is 1.17.